The average Bonchev–Trinajstić information content (AvgIpc) is 3.03. The van der Waals surface area contributed by atoms with Crippen LogP contribution in [0.15, 0.2) is 36.2 Å². The minimum absolute atomic E-state index is 0.248. The summed E-state index contributed by atoms with van der Waals surface area (Å²) in [6, 6.07) is 8.00. The normalized spacial score (nSPS) is 10.7. The number of nitrogens with zero attached hydrogens (tertiary/aromatic N) is 1. The zero-order chi connectivity index (χ0) is 18.7. The molecular formula is C21H21NO3S. The number of ether oxygens (including phenoxy) is 2. The van der Waals surface area contributed by atoms with Gasteiger partial charge in [0.15, 0.2) is 0 Å². The third-order valence-corrected chi connectivity index (χ3v) is 5.24. The van der Waals surface area contributed by atoms with Crippen molar-refractivity contribution in [2.75, 3.05) is 7.11 Å². The Morgan fingerprint density at radius 2 is 2.08 bits per heavy atom. The molecule has 5 heteroatoms. The van der Waals surface area contributed by atoms with Gasteiger partial charge in [0.2, 0.25) is 0 Å². The van der Waals surface area contributed by atoms with Gasteiger partial charge in [0.25, 0.3) is 0 Å². The molecule has 0 aliphatic rings. The van der Waals surface area contributed by atoms with Gasteiger partial charge in [-0.2, -0.15) is 0 Å². The number of carbonyl (C=O) groups is 1. The summed E-state index contributed by atoms with van der Waals surface area (Å²) < 4.78 is 11.9. The second-order valence-corrected chi connectivity index (χ2v) is 7.00. The molecule has 0 fully saturated rings. The van der Waals surface area contributed by atoms with E-state index in [2.05, 4.69) is 11.6 Å². The van der Waals surface area contributed by atoms with Crippen LogP contribution in [0.4, 0.5) is 0 Å². The Morgan fingerprint density at radius 1 is 1.27 bits per heavy atom. The molecule has 0 saturated heterocycles. The van der Waals surface area contributed by atoms with Crippen LogP contribution in [0.1, 0.15) is 28.1 Å². The lowest BCUT2D eigenvalue weighted by molar-refractivity contribution is -0.139. The number of carbonyl (C=O) groups excluding carboxylic acids is 1. The highest BCUT2D eigenvalue weighted by molar-refractivity contribution is 7.17. The molecule has 0 spiro atoms. The molecule has 3 aromatic rings. The van der Waals surface area contributed by atoms with Gasteiger partial charge in [0, 0.05) is 27.0 Å². The summed E-state index contributed by atoms with van der Waals surface area (Å²) in [5.41, 5.74) is 4.95. The standard InChI is InChI=1S/C21H21NO3S/c1-5-15-8-18(25-11-16-7-6-13(2)22-14(16)3)10-19-21(15)17(12-26-19)9-20(23)24-4/h5-8,10,12H,1,9,11H2,2-4H3. The highest BCUT2D eigenvalue weighted by atomic mass is 32.1. The Hall–Kier alpha value is -2.66. The number of thiophene rings is 1. The number of pyridine rings is 1. The number of hydrogen-bond acceptors (Lipinski definition) is 5. The van der Waals surface area contributed by atoms with Gasteiger partial charge in [0.05, 0.1) is 13.5 Å². The van der Waals surface area contributed by atoms with Crippen LogP contribution in [-0.4, -0.2) is 18.1 Å². The van der Waals surface area contributed by atoms with Gasteiger partial charge in [-0.05, 0) is 48.6 Å². The first-order valence-corrected chi connectivity index (χ1v) is 9.19. The average molecular weight is 367 g/mol. The Morgan fingerprint density at radius 3 is 2.77 bits per heavy atom. The zero-order valence-corrected chi connectivity index (χ0v) is 16.0. The van der Waals surface area contributed by atoms with Gasteiger partial charge >= 0.3 is 5.97 Å². The van der Waals surface area contributed by atoms with E-state index in [1.54, 1.807) is 17.4 Å². The van der Waals surface area contributed by atoms with Gasteiger partial charge in [-0.25, -0.2) is 0 Å². The second-order valence-electron chi connectivity index (χ2n) is 6.09. The van der Waals surface area contributed by atoms with E-state index in [-0.39, 0.29) is 12.4 Å². The maximum atomic E-state index is 11.6. The Labute approximate surface area is 157 Å². The molecule has 0 bridgehead atoms. The van der Waals surface area contributed by atoms with Crippen molar-refractivity contribution in [1.82, 2.24) is 4.98 Å². The quantitative estimate of drug-likeness (QED) is 0.584. The van der Waals surface area contributed by atoms with E-state index < -0.39 is 0 Å². The SMILES string of the molecule is C=Cc1cc(OCc2ccc(C)nc2C)cc2scc(CC(=O)OC)c12. The lowest BCUT2D eigenvalue weighted by Crippen LogP contribution is -2.04. The third kappa shape index (κ3) is 3.78. The van der Waals surface area contributed by atoms with Crippen molar-refractivity contribution in [3.63, 3.8) is 0 Å². The van der Waals surface area contributed by atoms with Crippen molar-refractivity contribution in [3.8, 4) is 5.75 Å². The summed E-state index contributed by atoms with van der Waals surface area (Å²) in [5.74, 6) is 0.529. The number of rotatable bonds is 6. The smallest absolute Gasteiger partial charge is 0.310 e. The molecular weight excluding hydrogens is 346 g/mol. The van der Waals surface area contributed by atoms with Gasteiger partial charge < -0.3 is 9.47 Å². The molecule has 134 valence electrons. The van der Waals surface area contributed by atoms with Gasteiger partial charge in [-0.3, -0.25) is 9.78 Å². The van der Waals surface area contributed by atoms with E-state index in [1.165, 1.54) is 7.11 Å². The van der Waals surface area contributed by atoms with Crippen molar-refractivity contribution in [2.45, 2.75) is 26.9 Å². The molecule has 0 unspecified atom stereocenters. The molecule has 0 aliphatic heterocycles. The highest BCUT2D eigenvalue weighted by Gasteiger charge is 2.13. The predicted molar refractivity (Wildman–Crippen MR) is 106 cm³/mol. The van der Waals surface area contributed by atoms with E-state index in [1.807, 2.05) is 43.5 Å². The van der Waals surface area contributed by atoms with E-state index in [0.29, 0.717) is 6.61 Å². The molecule has 0 amide bonds. The van der Waals surface area contributed by atoms with Crippen molar-refractivity contribution >= 4 is 33.5 Å². The first-order valence-electron chi connectivity index (χ1n) is 8.31. The van der Waals surface area contributed by atoms with E-state index in [9.17, 15) is 4.79 Å². The number of hydrogen-bond donors (Lipinski definition) is 0. The minimum Gasteiger partial charge on any atom is -0.489 e. The number of benzene rings is 1. The molecule has 1 aromatic carbocycles. The van der Waals surface area contributed by atoms with Gasteiger partial charge in [0.1, 0.15) is 12.4 Å². The maximum absolute atomic E-state index is 11.6. The lowest BCUT2D eigenvalue weighted by Gasteiger charge is -2.11. The fourth-order valence-electron chi connectivity index (χ4n) is 2.87. The third-order valence-electron chi connectivity index (χ3n) is 4.27. The first-order chi connectivity index (χ1) is 12.5. The molecule has 0 atom stereocenters. The molecule has 0 saturated carbocycles. The first kappa shape index (κ1) is 18.1. The Balaban J connectivity index is 1.88. The zero-order valence-electron chi connectivity index (χ0n) is 15.2. The van der Waals surface area contributed by atoms with Crippen LogP contribution in [0.5, 0.6) is 5.75 Å². The van der Waals surface area contributed by atoms with Crippen LogP contribution in [-0.2, 0) is 22.6 Å². The molecule has 26 heavy (non-hydrogen) atoms. The molecule has 0 radical (unpaired) electrons. The van der Waals surface area contributed by atoms with Gasteiger partial charge in [-0.15, -0.1) is 11.3 Å². The topological polar surface area (TPSA) is 48.4 Å². The van der Waals surface area contributed by atoms with Crippen LogP contribution < -0.4 is 4.74 Å². The Bertz CT molecular complexity index is 975. The van der Waals surface area contributed by atoms with E-state index >= 15 is 0 Å². The van der Waals surface area contributed by atoms with Crippen LogP contribution in [0.2, 0.25) is 0 Å². The van der Waals surface area contributed by atoms with Crippen molar-refractivity contribution in [1.29, 1.82) is 0 Å². The fourth-order valence-corrected chi connectivity index (χ4v) is 3.89. The monoisotopic (exact) mass is 367 g/mol. The number of aromatic nitrogens is 1. The molecule has 3 rings (SSSR count). The van der Waals surface area contributed by atoms with E-state index in [4.69, 9.17) is 9.47 Å². The van der Waals surface area contributed by atoms with Crippen molar-refractivity contribution < 1.29 is 14.3 Å². The van der Waals surface area contributed by atoms with Crippen molar-refractivity contribution in [2.24, 2.45) is 0 Å². The van der Waals surface area contributed by atoms with Crippen molar-refractivity contribution in [3.05, 3.63) is 64.3 Å². The maximum Gasteiger partial charge on any atom is 0.310 e. The minimum atomic E-state index is -0.248. The summed E-state index contributed by atoms with van der Waals surface area (Å²) in [6.45, 7) is 8.33. The summed E-state index contributed by atoms with van der Waals surface area (Å²) in [6.07, 6.45) is 2.05. The molecule has 0 N–H and O–H groups in total. The highest BCUT2D eigenvalue weighted by Crippen LogP contribution is 2.34. The lowest BCUT2D eigenvalue weighted by atomic mass is 10.0. The number of methoxy groups -OCH3 is 1. The Kier molecular flexibility index (Phi) is 5.38. The summed E-state index contributed by atoms with van der Waals surface area (Å²) in [5, 5.41) is 3.03. The number of aryl methyl sites for hydroxylation is 2. The molecule has 4 nitrogen and oxygen atoms in total. The fraction of sp³-hybridized carbons (Fsp3) is 0.238. The largest absolute Gasteiger partial charge is 0.489 e. The van der Waals surface area contributed by atoms with Crippen LogP contribution in [0.25, 0.3) is 16.2 Å². The molecule has 0 aliphatic carbocycles. The van der Waals surface area contributed by atoms with Gasteiger partial charge in [-0.1, -0.05) is 18.7 Å². The summed E-state index contributed by atoms with van der Waals surface area (Å²) >= 11 is 1.59. The molecule has 2 aromatic heterocycles. The summed E-state index contributed by atoms with van der Waals surface area (Å²) in [4.78, 5) is 16.1. The van der Waals surface area contributed by atoms with Crippen LogP contribution in [0, 0.1) is 13.8 Å². The second kappa shape index (κ2) is 7.70. The number of esters is 1. The van der Waals surface area contributed by atoms with Crippen LogP contribution >= 0.6 is 11.3 Å². The predicted octanol–water partition coefficient (Wildman–Crippen LogP) is 4.85. The van der Waals surface area contributed by atoms with Crippen LogP contribution in [0.3, 0.4) is 0 Å². The summed E-state index contributed by atoms with van der Waals surface area (Å²) in [7, 11) is 1.40. The van der Waals surface area contributed by atoms with E-state index in [0.717, 1.165) is 43.9 Å². The molecule has 2 heterocycles. The number of fused-ring (bicyclic) bond motifs is 1.